The lowest BCUT2D eigenvalue weighted by Gasteiger charge is -2.29. The Hall–Kier alpha value is -0.860. The number of allylic oxidation sites excluding steroid dienone is 3. The Balaban J connectivity index is 2.32. The van der Waals surface area contributed by atoms with Crippen LogP contribution in [0.5, 0.6) is 0 Å². The summed E-state index contributed by atoms with van der Waals surface area (Å²) in [4.78, 5) is 0. The van der Waals surface area contributed by atoms with Crippen LogP contribution in [0, 0.1) is 0 Å². The van der Waals surface area contributed by atoms with E-state index < -0.39 is 0 Å². The Labute approximate surface area is 99.9 Å². The fourth-order valence-corrected chi connectivity index (χ4v) is 1.97. The van der Waals surface area contributed by atoms with Crippen LogP contribution in [0.15, 0.2) is 37.0 Å². The van der Waals surface area contributed by atoms with Crippen LogP contribution in [0.4, 0.5) is 0 Å². The van der Waals surface area contributed by atoms with Gasteiger partial charge in [-0.05, 0) is 19.3 Å². The third-order valence-corrected chi connectivity index (χ3v) is 3.04. The first-order chi connectivity index (χ1) is 7.74. The van der Waals surface area contributed by atoms with Gasteiger partial charge >= 0.3 is 0 Å². The number of rotatable bonds is 5. The quantitative estimate of drug-likeness (QED) is 0.657. The second-order valence-electron chi connectivity index (χ2n) is 4.40. The van der Waals surface area contributed by atoms with Crippen molar-refractivity contribution >= 4 is 0 Å². The van der Waals surface area contributed by atoms with E-state index in [9.17, 15) is 0 Å². The average Bonchev–Trinajstić information content (AvgIpc) is 2.48. The van der Waals surface area contributed by atoms with Gasteiger partial charge in [0.2, 0.25) is 0 Å². The highest BCUT2D eigenvalue weighted by Crippen LogP contribution is 2.11. The van der Waals surface area contributed by atoms with Crippen molar-refractivity contribution in [2.45, 2.75) is 25.7 Å². The van der Waals surface area contributed by atoms with Gasteiger partial charge in [-0.2, -0.15) is 0 Å². The Morgan fingerprint density at radius 1 is 1.25 bits per heavy atom. The predicted octanol–water partition coefficient (Wildman–Crippen LogP) is 3.01. The lowest BCUT2D eigenvalue weighted by molar-refractivity contribution is 0.0110. The lowest BCUT2D eigenvalue weighted by atomic mass is 10.2. The summed E-state index contributed by atoms with van der Waals surface area (Å²) in [6.07, 6.45) is 10.8. The molecule has 0 radical (unpaired) electrons. The molecule has 0 aromatic carbocycles. The summed E-state index contributed by atoms with van der Waals surface area (Å²) in [5.74, 6) is 0. The second kappa shape index (κ2) is 7.42. The summed E-state index contributed by atoms with van der Waals surface area (Å²) in [5.41, 5.74) is 1.18. The summed E-state index contributed by atoms with van der Waals surface area (Å²) in [6, 6.07) is 0. The Morgan fingerprint density at radius 3 is 2.75 bits per heavy atom. The van der Waals surface area contributed by atoms with Gasteiger partial charge in [0.25, 0.3) is 0 Å². The topological polar surface area (TPSA) is 6.48 Å². The molecule has 0 atom stereocenters. The highest BCUT2D eigenvalue weighted by Gasteiger charge is 2.13. The average molecular weight is 220 g/mol. The molecule has 1 heterocycles. The Morgan fingerprint density at radius 2 is 2.00 bits per heavy atom. The highest BCUT2D eigenvalue weighted by atomic mass is 15.6. The third kappa shape index (κ3) is 4.77. The molecule has 0 spiro atoms. The monoisotopic (exact) mass is 220 g/mol. The predicted molar refractivity (Wildman–Crippen MR) is 71.1 cm³/mol. The minimum absolute atomic E-state index is 1.04. The van der Waals surface area contributed by atoms with E-state index in [1.165, 1.54) is 37.9 Å². The molecule has 0 aromatic rings. The molecule has 2 nitrogen and oxygen atoms in total. The zero-order valence-electron chi connectivity index (χ0n) is 10.5. The Kier molecular flexibility index (Phi) is 6.12. The first-order valence-electron chi connectivity index (χ1n) is 6.17. The van der Waals surface area contributed by atoms with E-state index in [0.29, 0.717) is 0 Å². The van der Waals surface area contributed by atoms with Gasteiger partial charge in [0, 0.05) is 26.7 Å². The zero-order chi connectivity index (χ0) is 11.8. The summed E-state index contributed by atoms with van der Waals surface area (Å²) < 4.78 is 0. The molecule has 0 bridgehead atoms. The molecule has 16 heavy (non-hydrogen) atoms. The Bertz CT molecular complexity index is 255. The summed E-state index contributed by atoms with van der Waals surface area (Å²) in [6.45, 7) is 11.2. The molecule has 90 valence electrons. The van der Waals surface area contributed by atoms with Crippen LogP contribution in [0.25, 0.3) is 0 Å². The SMILES string of the molecule is C=CC=CC(=C)CCN1CCCCCN1C. The molecule has 1 rings (SSSR count). The molecule has 1 saturated heterocycles. The van der Waals surface area contributed by atoms with Gasteiger partial charge in [0.15, 0.2) is 0 Å². The molecule has 0 amide bonds. The first-order valence-corrected chi connectivity index (χ1v) is 6.17. The van der Waals surface area contributed by atoms with Crippen molar-refractivity contribution in [3.05, 3.63) is 37.0 Å². The van der Waals surface area contributed by atoms with Crippen molar-refractivity contribution in [2.75, 3.05) is 26.7 Å². The van der Waals surface area contributed by atoms with Crippen LogP contribution >= 0.6 is 0 Å². The summed E-state index contributed by atoms with van der Waals surface area (Å²) in [5, 5.41) is 4.80. The first kappa shape index (κ1) is 13.2. The van der Waals surface area contributed by atoms with Crippen LogP contribution in [0.1, 0.15) is 25.7 Å². The van der Waals surface area contributed by atoms with E-state index >= 15 is 0 Å². The molecule has 0 aliphatic carbocycles. The zero-order valence-corrected chi connectivity index (χ0v) is 10.5. The molecule has 0 unspecified atom stereocenters. The molecular formula is C14H24N2. The summed E-state index contributed by atoms with van der Waals surface area (Å²) in [7, 11) is 2.19. The van der Waals surface area contributed by atoms with Crippen molar-refractivity contribution < 1.29 is 0 Å². The van der Waals surface area contributed by atoms with E-state index in [0.717, 1.165) is 13.0 Å². The standard InChI is InChI=1S/C14H24N2/c1-4-5-9-14(2)10-13-16-12-8-6-7-11-15(16)3/h4-5,9H,1-2,6-8,10-13H2,3H3. The number of hydrazine groups is 1. The molecule has 1 aliphatic heterocycles. The van der Waals surface area contributed by atoms with Gasteiger partial charge in [-0.25, -0.2) is 10.0 Å². The van der Waals surface area contributed by atoms with Crippen molar-refractivity contribution in [3.63, 3.8) is 0 Å². The molecule has 1 fully saturated rings. The second-order valence-corrected chi connectivity index (χ2v) is 4.40. The van der Waals surface area contributed by atoms with Crippen LogP contribution in [-0.2, 0) is 0 Å². The van der Waals surface area contributed by atoms with Crippen LogP contribution in [0.3, 0.4) is 0 Å². The maximum atomic E-state index is 4.05. The van der Waals surface area contributed by atoms with Crippen molar-refractivity contribution in [1.29, 1.82) is 0 Å². The maximum absolute atomic E-state index is 4.05. The molecule has 0 aromatic heterocycles. The highest BCUT2D eigenvalue weighted by molar-refractivity contribution is 5.18. The number of nitrogens with zero attached hydrogens (tertiary/aromatic N) is 2. The van der Waals surface area contributed by atoms with E-state index in [-0.39, 0.29) is 0 Å². The van der Waals surface area contributed by atoms with E-state index in [1.807, 2.05) is 12.2 Å². The van der Waals surface area contributed by atoms with Gasteiger partial charge in [-0.3, -0.25) is 0 Å². The van der Waals surface area contributed by atoms with E-state index in [4.69, 9.17) is 0 Å². The maximum Gasteiger partial charge on any atom is 0.0173 e. The minimum atomic E-state index is 1.04. The van der Waals surface area contributed by atoms with Gasteiger partial charge in [0.05, 0.1) is 0 Å². The van der Waals surface area contributed by atoms with Crippen LogP contribution in [-0.4, -0.2) is 36.7 Å². The van der Waals surface area contributed by atoms with Crippen LogP contribution in [0.2, 0.25) is 0 Å². The number of hydrogen-bond donors (Lipinski definition) is 0. The fraction of sp³-hybridized carbons (Fsp3) is 0.571. The van der Waals surface area contributed by atoms with Gasteiger partial charge in [-0.1, -0.05) is 43.4 Å². The molecule has 0 N–H and O–H groups in total. The molecule has 2 heteroatoms. The van der Waals surface area contributed by atoms with Crippen molar-refractivity contribution in [3.8, 4) is 0 Å². The third-order valence-electron chi connectivity index (χ3n) is 3.04. The van der Waals surface area contributed by atoms with Crippen molar-refractivity contribution in [1.82, 2.24) is 10.0 Å². The normalized spacial score (nSPS) is 19.8. The van der Waals surface area contributed by atoms with E-state index in [2.05, 4.69) is 30.2 Å². The fourth-order valence-electron chi connectivity index (χ4n) is 1.97. The lowest BCUT2D eigenvalue weighted by Crippen LogP contribution is -2.40. The molecular weight excluding hydrogens is 196 g/mol. The largest absolute Gasteiger partial charge is 0.245 e. The van der Waals surface area contributed by atoms with Crippen molar-refractivity contribution in [2.24, 2.45) is 0 Å². The molecule has 1 aliphatic rings. The number of hydrogen-bond acceptors (Lipinski definition) is 2. The van der Waals surface area contributed by atoms with Gasteiger partial charge in [0.1, 0.15) is 0 Å². The van der Waals surface area contributed by atoms with Gasteiger partial charge in [-0.15, -0.1) is 0 Å². The van der Waals surface area contributed by atoms with Crippen LogP contribution < -0.4 is 0 Å². The minimum Gasteiger partial charge on any atom is -0.245 e. The van der Waals surface area contributed by atoms with Gasteiger partial charge < -0.3 is 0 Å². The van der Waals surface area contributed by atoms with E-state index in [1.54, 1.807) is 6.08 Å². The smallest absolute Gasteiger partial charge is 0.0173 e. The molecule has 0 saturated carbocycles. The summed E-state index contributed by atoms with van der Waals surface area (Å²) >= 11 is 0.